The summed E-state index contributed by atoms with van der Waals surface area (Å²) in [5, 5.41) is 8.62. The van der Waals surface area contributed by atoms with Crippen LogP contribution in [0.25, 0.3) is 0 Å². The third-order valence-electron chi connectivity index (χ3n) is 4.06. The van der Waals surface area contributed by atoms with Crippen LogP contribution in [0.1, 0.15) is 41.0 Å². The zero-order valence-corrected chi connectivity index (χ0v) is 15.7. The highest BCUT2D eigenvalue weighted by Gasteiger charge is 2.35. The Morgan fingerprint density at radius 1 is 1.25 bits per heavy atom. The highest BCUT2D eigenvalue weighted by molar-refractivity contribution is 5.78. The number of nitrogens with zero attached hydrogens (tertiary/aromatic N) is 4. The smallest absolute Gasteiger partial charge is 0.410 e. The molecule has 1 aliphatic rings. The summed E-state index contributed by atoms with van der Waals surface area (Å²) in [6, 6.07) is 2.17. The molecule has 1 saturated heterocycles. The summed E-state index contributed by atoms with van der Waals surface area (Å²) >= 11 is 0. The van der Waals surface area contributed by atoms with E-state index in [-0.39, 0.29) is 24.1 Å². The number of carbonyl (C=O) groups is 2. The van der Waals surface area contributed by atoms with E-state index in [1.807, 2.05) is 40.7 Å². The van der Waals surface area contributed by atoms with Crippen molar-refractivity contribution in [2.75, 3.05) is 33.2 Å². The van der Waals surface area contributed by atoms with Gasteiger partial charge in [-0.25, -0.2) is 4.79 Å². The maximum absolute atomic E-state index is 12.3. The molecule has 0 aromatic rings. The summed E-state index contributed by atoms with van der Waals surface area (Å²) in [6.07, 6.45) is 0.0260. The zero-order chi connectivity index (χ0) is 18.5. The van der Waals surface area contributed by atoms with Gasteiger partial charge in [-0.3, -0.25) is 9.69 Å². The third-order valence-corrected chi connectivity index (χ3v) is 4.06. The molecule has 0 spiro atoms. The second kappa shape index (κ2) is 8.34. The lowest BCUT2D eigenvalue weighted by molar-refractivity contribution is -0.133. The molecular weight excluding hydrogens is 308 g/mol. The van der Waals surface area contributed by atoms with Gasteiger partial charge in [-0.2, -0.15) is 5.26 Å². The van der Waals surface area contributed by atoms with Crippen LogP contribution in [-0.2, 0) is 9.53 Å². The van der Waals surface area contributed by atoms with Crippen LogP contribution < -0.4 is 0 Å². The van der Waals surface area contributed by atoms with Gasteiger partial charge in [0, 0.05) is 38.8 Å². The molecule has 2 atom stereocenters. The lowest BCUT2D eigenvalue weighted by Crippen LogP contribution is -2.60. The first-order valence-corrected chi connectivity index (χ1v) is 8.39. The van der Waals surface area contributed by atoms with Crippen LogP contribution in [0.15, 0.2) is 0 Å². The van der Waals surface area contributed by atoms with Crippen molar-refractivity contribution in [3.63, 3.8) is 0 Å². The minimum atomic E-state index is -0.514. The SMILES string of the molecule is C[C@@H]1CN(C(=O)OC(C)(C)C)C[C@H](C)N1CC(=O)N(C)CCC#N. The van der Waals surface area contributed by atoms with Gasteiger partial charge >= 0.3 is 6.09 Å². The van der Waals surface area contributed by atoms with Crippen molar-refractivity contribution in [1.82, 2.24) is 14.7 Å². The number of rotatable bonds is 4. The maximum Gasteiger partial charge on any atom is 0.410 e. The molecule has 1 rings (SSSR count). The predicted molar refractivity (Wildman–Crippen MR) is 91.3 cm³/mol. The molecule has 24 heavy (non-hydrogen) atoms. The minimum absolute atomic E-state index is 0.00494. The van der Waals surface area contributed by atoms with E-state index in [2.05, 4.69) is 4.90 Å². The molecule has 0 aromatic heterocycles. The number of hydrogen-bond donors (Lipinski definition) is 0. The van der Waals surface area contributed by atoms with Crippen molar-refractivity contribution in [1.29, 1.82) is 5.26 Å². The van der Waals surface area contributed by atoms with Crippen LogP contribution in [-0.4, -0.2) is 77.6 Å². The van der Waals surface area contributed by atoms with E-state index in [9.17, 15) is 9.59 Å². The quantitative estimate of drug-likeness (QED) is 0.779. The van der Waals surface area contributed by atoms with Gasteiger partial charge in [0.15, 0.2) is 0 Å². The summed E-state index contributed by atoms with van der Waals surface area (Å²) in [6.45, 7) is 11.4. The Morgan fingerprint density at radius 2 is 1.79 bits per heavy atom. The number of carbonyl (C=O) groups excluding carboxylic acids is 2. The summed E-state index contributed by atoms with van der Waals surface area (Å²) in [7, 11) is 1.71. The van der Waals surface area contributed by atoms with E-state index in [1.165, 1.54) is 0 Å². The second-order valence-electron chi connectivity index (χ2n) is 7.48. The van der Waals surface area contributed by atoms with Crippen LogP contribution >= 0.6 is 0 Å². The van der Waals surface area contributed by atoms with Crippen molar-refractivity contribution in [2.24, 2.45) is 0 Å². The van der Waals surface area contributed by atoms with Crippen LogP contribution in [0.3, 0.4) is 0 Å². The molecule has 7 nitrogen and oxygen atoms in total. The average Bonchev–Trinajstić information content (AvgIpc) is 2.46. The summed E-state index contributed by atoms with van der Waals surface area (Å²) in [5.74, 6) is -0.00494. The first-order valence-electron chi connectivity index (χ1n) is 8.39. The fourth-order valence-electron chi connectivity index (χ4n) is 2.76. The molecule has 0 radical (unpaired) electrons. The van der Waals surface area contributed by atoms with Gasteiger partial charge in [0.1, 0.15) is 5.60 Å². The highest BCUT2D eigenvalue weighted by atomic mass is 16.6. The molecule has 2 amide bonds. The van der Waals surface area contributed by atoms with Gasteiger partial charge in [0.05, 0.1) is 19.0 Å². The van der Waals surface area contributed by atoms with Crippen LogP contribution in [0, 0.1) is 11.3 Å². The zero-order valence-electron chi connectivity index (χ0n) is 15.7. The van der Waals surface area contributed by atoms with Gasteiger partial charge in [-0.05, 0) is 34.6 Å². The largest absolute Gasteiger partial charge is 0.444 e. The number of piperazine rings is 1. The fourth-order valence-corrected chi connectivity index (χ4v) is 2.76. The summed E-state index contributed by atoms with van der Waals surface area (Å²) in [4.78, 5) is 29.9. The van der Waals surface area contributed by atoms with E-state index >= 15 is 0 Å². The Balaban J connectivity index is 2.62. The van der Waals surface area contributed by atoms with E-state index in [4.69, 9.17) is 10.00 Å². The van der Waals surface area contributed by atoms with Crippen LogP contribution in [0.2, 0.25) is 0 Å². The molecule has 0 bridgehead atoms. The highest BCUT2D eigenvalue weighted by Crippen LogP contribution is 2.18. The molecule has 0 unspecified atom stereocenters. The lowest BCUT2D eigenvalue weighted by Gasteiger charge is -2.44. The molecule has 1 fully saturated rings. The maximum atomic E-state index is 12.3. The molecule has 136 valence electrons. The molecular formula is C17H30N4O3. The summed E-state index contributed by atoms with van der Waals surface area (Å²) < 4.78 is 5.44. The van der Waals surface area contributed by atoms with Crippen molar-refractivity contribution in [2.45, 2.75) is 58.7 Å². The van der Waals surface area contributed by atoms with Gasteiger partial charge in [-0.15, -0.1) is 0 Å². The van der Waals surface area contributed by atoms with Crippen LogP contribution in [0.4, 0.5) is 4.79 Å². The number of likely N-dealkylation sites (N-methyl/N-ethyl adjacent to an activating group) is 1. The topological polar surface area (TPSA) is 76.9 Å². The van der Waals surface area contributed by atoms with Crippen molar-refractivity contribution in [3.05, 3.63) is 0 Å². The Hall–Kier alpha value is -1.81. The Labute approximate surface area is 145 Å². The molecule has 0 N–H and O–H groups in total. The van der Waals surface area contributed by atoms with Gasteiger partial charge < -0.3 is 14.5 Å². The van der Waals surface area contributed by atoms with Crippen molar-refractivity contribution < 1.29 is 14.3 Å². The Bertz CT molecular complexity index is 483. The normalized spacial score (nSPS) is 22.0. The minimum Gasteiger partial charge on any atom is -0.444 e. The molecule has 1 aliphatic heterocycles. The summed E-state index contributed by atoms with van der Waals surface area (Å²) in [5.41, 5.74) is -0.514. The Kier molecular flexibility index (Phi) is 7.03. The standard InChI is InChI=1S/C17H30N4O3/c1-13-10-20(16(23)24-17(3,4)5)11-14(2)21(13)12-15(22)19(6)9-7-8-18/h13-14H,7,9-12H2,1-6H3/t13-,14+. The predicted octanol–water partition coefficient (Wildman–Crippen LogP) is 1.69. The van der Waals surface area contributed by atoms with Crippen molar-refractivity contribution >= 4 is 12.0 Å². The fraction of sp³-hybridized carbons (Fsp3) is 0.824. The Morgan fingerprint density at radius 3 is 2.25 bits per heavy atom. The first-order chi connectivity index (χ1) is 11.0. The van der Waals surface area contributed by atoms with Gasteiger partial charge in [-0.1, -0.05) is 0 Å². The second-order valence-corrected chi connectivity index (χ2v) is 7.48. The molecule has 0 aliphatic carbocycles. The number of nitriles is 1. The third kappa shape index (κ3) is 6.00. The van der Waals surface area contributed by atoms with E-state index in [0.717, 1.165) is 0 Å². The number of amides is 2. The molecule has 0 aromatic carbocycles. The van der Waals surface area contributed by atoms with E-state index in [1.54, 1.807) is 16.8 Å². The lowest BCUT2D eigenvalue weighted by atomic mass is 10.1. The average molecular weight is 338 g/mol. The van der Waals surface area contributed by atoms with Crippen LogP contribution in [0.5, 0.6) is 0 Å². The molecule has 7 heteroatoms. The molecule has 1 heterocycles. The van der Waals surface area contributed by atoms with E-state index in [0.29, 0.717) is 32.6 Å². The number of hydrogen-bond acceptors (Lipinski definition) is 5. The van der Waals surface area contributed by atoms with E-state index < -0.39 is 5.60 Å². The monoisotopic (exact) mass is 338 g/mol. The number of ether oxygens (including phenoxy) is 1. The molecule has 0 saturated carbocycles. The van der Waals surface area contributed by atoms with Gasteiger partial charge in [0.25, 0.3) is 0 Å². The first kappa shape index (κ1) is 20.2. The van der Waals surface area contributed by atoms with Gasteiger partial charge in [0.2, 0.25) is 5.91 Å². The van der Waals surface area contributed by atoms with Crippen molar-refractivity contribution in [3.8, 4) is 6.07 Å².